The molecular weight excluding hydrogens is 218 g/mol. The number of H-pyrrole nitrogens is 1. The molecule has 0 saturated carbocycles. The molecule has 0 aromatic carbocycles. The smallest absolute Gasteiger partial charge is 0.121 e. The summed E-state index contributed by atoms with van der Waals surface area (Å²) in [7, 11) is 2.25. The van der Waals surface area contributed by atoms with Gasteiger partial charge < -0.3 is 4.90 Å². The summed E-state index contributed by atoms with van der Waals surface area (Å²) in [5, 5.41) is 8.88. The van der Waals surface area contributed by atoms with Gasteiger partial charge in [-0.05, 0) is 50.9 Å². The lowest BCUT2D eigenvalue weighted by Crippen LogP contribution is -2.41. The Morgan fingerprint density at radius 1 is 1.38 bits per heavy atom. The second-order valence-corrected chi connectivity index (χ2v) is 5.96. The molecule has 0 spiro atoms. The highest BCUT2D eigenvalue weighted by Gasteiger charge is 2.34. The Labute approximate surface area is 101 Å². The number of aromatic nitrogens is 2. The van der Waals surface area contributed by atoms with Gasteiger partial charge in [-0.1, -0.05) is 0 Å². The molecule has 1 saturated heterocycles. The molecule has 2 heterocycles. The Hall–Kier alpha value is -0.480. The van der Waals surface area contributed by atoms with Crippen molar-refractivity contribution in [2.45, 2.75) is 24.3 Å². The van der Waals surface area contributed by atoms with Crippen molar-refractivity contribution < 1.29 is 0 Å². The van der Waals surface area contributed by atoms with Gasteiger partial charge in [-0.3, -0.25) is 5.10 Å². The molecule has 4 heteroatoms. The minimum atomic E-state index is 0.856. The van der Waals surface area contributed by atoms with Gasteiger partial charge in [-0.2, -0.15) is 5.10 Å². The third-order valence-corrected chi connectivity index (χ3v) is 4.86. The first-order valence-corrected chi connectivity index (χ1v) is 7.29. The van der Waals surface area contributed by atoms with Gasteiger partial charge in [0, 0.05) is 17.8 Å². The number of hydrogen-bond donors (Lipinski definition) is 1. The molecule has 1 N–H and O–H groups in total. The number of aromatic amines is 1. The van der Waals surface area contributed by atoms with E-state index in [9.17, 15) is 0 Å². The molecule has 88 valence electrons. The molecule has 1 fully saturated rings. The Kier molecular flexibility index (Phi) is 2.72. The lowest BCUT2D eigenvalue weighted by molar-refractivity contribution is 0.133. The van der Waals surface area contributed by atoms with E-state index in [1.165, 1.54) is 48.6 Å². The zero-order valence-electron chi connectivity index (χ0n) is 9.99. The third kappa shape index (κ3) is 1.68. The van der Waals surface area contributed by atoms with Gasteiger partial charge in [-0.25, -0.2) is 0 Å². The number of nitrogens with zero attached hydrogens (tertiary/aromatic N) is 2. The van der Waals surface area contributed by atoms with Crippen molar-refractivity contribution in [2.75, 3.05) is 26.4 Å². The van der Waals surface area contributed by atoms with E-state index in [4.69, 9.17) is 0 Å². The molecule has 1 aromatic rings. The van der Waals surface area contributed by atoms with Gasteiger partial charge in [0.2, 0.25) is 0 Å². The standard InChI is InChI=1S/C12H19N3S/c1-15-4-3-8-6-11-10(5-9(8)7-15)12(16-2)14-13-11/h8-9H,3-7H2,1-2H3,(H,13,14). The molecule has 1 aliphatic heterocycles. The Morgan fingerprint density at radius 2 is 2.25 bits per heavy atom. The fourth-order valence-electron chi connectivity index (χ4n) is 3.22. The summed E-state index contributed by atoms with van der Waals surface area (Å²) in [6.07, 6.45) is 5.93. The number of likely N-dealkylation sites (tertiary alicyclic amines) is 1. The van der Waals surface area contributed by atoms with Crippen LogP contribution in [0.15, 0.2) is 5.03 Å². The maximum atomic E-state index is 4.42. The van der Waals surface area contributed by atoms with Crippen molar-refractivity contribution in [3.63, 3.8) is 0 Å². The Morgan fingerprint density at radius 3 is 3.06 bits per heavy atom. The van der Waals surface area contributed by atoms with E-state index in [2.05, 4.69) is 28.4 Å². The Bertz CT molecular complexity index is 388. The lowest BCUT2D eigenvalue weighted by Gasteiger charge is -2.39. The van der Waals surface area contributed by atoms with Crippen molar-refractivity contribution in [3.8, 4) is 0 Å². The summed E-state index contributed by atoms with van der Waals surface area (Å²) in [5.74, 6) is 1.74. The molecule has 2 atom stereocenters. The van der Waals surface area contributed by atoms with Crippen molar-refractivity contribution in [3.05, 3.63) is 11.3 Å². The Balaban J connectivity index is 1.87. The van der Waals surface area contributed by atoms with Crippen LogP contribution in [0.3, 0.4) is 0 Å². The van der Waals surface area contributed by atoms with Gasteiger partial charge in [0.25, 0.3) is 0 Å². The number of hydrogen-bond acceptors (Lipinski definition) is 3. The largest absolute Gasteiger partial charge is 0.306 e. The van der Waals surface area contributed by atoms with Gasteiger partial charge in [-0.15, -0.1) is 11.8 Å². The molecule has 3 rings (SSSR count). The summed E-state index contributed by atoms with van der Waals surface area (Å²) in [5.41, 5.74) is 2.92. The lowest BCUT2D eigenvalue weighted by atomic mass is 9.74. The van der Waals surface area contributed by atoms with Crippen molar-refractivity contribution in [2.24, 2.45) is 11.8 Å². The number of rotatable bonds is 1. The van der Waals surface area contributed by atoms with E-state index >= 15 is 0 Å². The highest BCUT2D eigenvalue weighted by atomic mass is 32.2. The first-order chi connectivity index (χ1) is 7.78. The average molecular weight is 237 g/mol. The first-order valence-electron chi connectivity index (χ1n) is 6.06. The zero-order valence-corrected chi connectivity index (χ0v) is 10.8. The minimum absolute atomic E-state index is 0.856. The first kappa shape index (κ1) is 10.7. The van der Waals surface area contributed by atoms with Crippen molar-refractivity contribution in [1.29, 1.82) is 0 Å². The van der Waals surface area contributed by atoms with Gasteiger partial charge in [0.1, 0.15) is 5.03 Å². The second kappa shape index (κ2) is 4.08. The van der Waals surface area contributed by atoms with E-state index in [1.54, 1.807) is 11.8 Å². The van der Waals surface area contributed by atoms with E-state index in [-0.39, 0.29) is 0 Å². The number of piperidine rings is 1. The maximum Gasteiger partial charge on any atom is 0.121 e. The molecule has 0 radical (unpaired) electrons. The molecule has 1 aromatic heterocycles. The van der Waals surface area contributed by atoms with Crippen LogP contribution < -0.4 is 0 Å². The van der Waals surface area contributed by atoms with E-state index < -0.39 is 0 Å². The SMILES string of the molecule is CSc1n[nH]c2c1CC1CN(C)CCC1C2. The highest BCUT2D eigenvalue weighted by Crippen LogP contribution is 2.37. The van der Waals surface area contributed by atoms with Crippen LogP contribution in [-0.4, -0.2) is 41.5 Å². The monoisotopic (exact) mass is 237 g/mol. The average Bonchev–Trinajstić information content (AvgIpc) is 2.68. The second-order valence-electron chi connectivity index (χ2n) is 5.17. The van der Waals surface area contributed by atoms with Crippen molar-refractivity contribution in [1.82, 2.24) is 15.1 Å². The predicted octanol–water partition coefficient (Wildman–Crippen LogP) is 1.80. The molecule has 0 amide bonds. The zero-order chi connectivity index (χ0) is 11.1. The molecule has 0 bridgehead atoms. The minimum Gasteiger partial charge on any atom is -0.306 e. The van der Waals surface area contributed by atoms with E-state index in [0.29, 0.717) is 0 Å². The van der Waals surface area contributed by atoms with Gasteiger partial charge in [0.15, 0.2) is 0 Å². The summed E-state index contributed by atoms with van der Waals surface area (Å²) in [6.45, 7) is 2.53. The van der Waals surface area contributed by atoms with Crippen LogP contribution in [0.25, 0.3) is 0 Å². The normalized spacial score (nSPS) is 29.9. The summed E-state index contributed by atoms with van der Waals surface area (Å²) in [6, 6.07) is 0. The summed E-state index contributed by atoms with van der Waals surface area (Å²) >= 11 is 1.77. The number of nitrogens with one attached hydrogen (secondary N) is 1. The predicted molar refractivity (Wildman–Crippen MR) is 66.9 cm³/mol. The quantitative estimate of drug-likeness (QED) is 0.756. The number of fused-ring (bicyclic) bond motifs is 2. The van der Waals surface area contributed by atoms with Crippen molar-refractivity contribution >= 4 is 11.8 Å². The van der Waals surface area contributed by atoms with Crippen LogP contribution in [-0.2, 0) is 12.8 Å². The fraction of sp³-hybridized carbons (Fsp3) is 0.750. The van der Waals surface area contributed by atoms with Crippen LogP contribution in [0.1, 0.15) is 17.7 Å². The van der Waals surface area contributed by atoms with Crippen LogP contribution >= 0.6 is 11.8 Å². The molecule has 16 heavy (non-hydrogen) atoms. The molecule has 3 nitrogen and oxygen atoms in total. The maximum absolute atomic E-state index is 4.42. The van der Waals surface area contributed by atoms with Crippen LogP contribution in [0.4, 0.5) is 0 Å². The highest BCUT2D eigenvalue weighted by molar-refractivity contribution is 7.98. The molecule has 2 unspecified atom stereocenters. The fourth-order valence-corrected chi connectivity index (χ4v) is 3.81. The topological polar surface area (TPSA) is 31.9 Å². The molecule has 2 aliphatic rings. The van der Waals surface area contributed by atoms with Gasteiger partial charge in [0.05, 0.1) is 0 Å². The summed E-state index contributed by atoms with van der Waals surface area (Å²) < 4.78 is 0. The third-order valence-electron chi connectivity index (χ3n) is 4.14. The number of thioether (sulfide) groups is 1. The molecule has 1 aliphatic carbocycles. The summed E-state index contributed by atoms with van der Waals surface area (Å²) in [4.78, 5) is 2.48. The van der Waals surface area contributed by atoms with Gasteiger partial charge >= 0.3 is 0 Å². The van der Waals surface area contributed by atoms with E-state index in [0.717, 1.165) is 11.8 Å². The van der Waals surface area contributed by atoms with E-state index in [1.807, 2.05) is 0 Å². The van der Waals surface area contributed by atoms with Crippen LogP contribution in [0.2, 0.25) is 0 Å². The van der Waals surface area contributed by atoms with Crippen LogP contribution in [0.5, 0.6) is 0 Å². The van der Waals surface area contributed by atoms with Crippen LogP contribution in [0, 0.1) is 11.8 Å². The molecular formula is C12H19N3S.